The Morgan fingerprint density at radius 2 is 2.20 bits per heavy atom. The van der Waals surface area contributed by atoms with Gasteiger partial charge in [-0.15, -0.1) is 0 Å². The Kier molecular flexibility index (Phi) is 4.62. The molecule has 0 amide bonds. The summed E-state index contributed by atoms with van der Waals surface area (Å²) in [6, 6.07) is 5.11. The van der Waals surface area contributed by atoms with Crippen LogP contribution >= 0.6 is 15.9 Å². The van der Waals surface area contributed by atoms with Gasteiger partial charge in [0.1, 0.15) is 0 Å². The molecule has 0 saturated heterocycles. The minimum absolute atomic E-state index is 0.295. The number of hydrogen-bond donors (Lipinski definition) is 2. The molecule has 0 unspecified atom stereocenters. The van der Waals surface area contributed by atoms with Crippen molar-refractivity contribution in [3.8, 4) is 0 Å². The second-order valence-corrected chi connectivity index (χ2v) is 4.23. The Bertz CT molecular complexity index is 352. The van der Waals surface area contributed by atoms with E-state index >= 15 is 0 Å². The number of unbranched alkanes of at least 4 members (excludes halogenated alkanes) is 1. The highest BCUT2D eigenvalue weighted by molar-refractivity contribution is 9.10. The average molecular weight is 272 g/mol. The number of aromatic carboxylic acids is 1. The molecule has 4 heteroatoms. The largest absolute Gasteiger partial charge is 0.478 e. The number of hydrogen-bond acceptors (Lipinski definition) is 2. The maximum absolute atomic E-state index is 10.8. The van der Waals surface area contributed by atoms with Crippen molar-refractivity contribution in [2.24, 2.45) is 0 Å². The summed E-state index contributed by atoms with van der Waals surface area (Å²) in [5, 5.41) is 12.0. The van der Waals surface area contributed by atoms with Gasteiger partial charge in [-0.2, -0.15) is 0 Å². The third kappa shape index (κ3) is 3.91. The van der Waals surface area contributed by atoms with Crippen LogP contribution in [0.5, 0.6) is 0 Å². The molecule has 15 heavy (non-hydrogen) atoms. The predicted molar refractivity (Wildman–Crippen MR) is 64.5 cm³/mol. The van der Waals surface area contributed by atoms with E-state index in [1.807, 2.05) is 6.07 Å². The fourth-order valence-corrected chi connectivity index (χ4v) is 1.72. The Labute approximate surface area is 97.6 Å². The van der Waals surface area contributed by atoms with E-state index in [1.54, 1.807) is 12.1 Å². The highest BCUT2D eigenvalue weighted by Gasteiger charge is 2.05. The molecule has 0 radical (unpaired) electrons. The van der Waals surface area contributed by atoms with Crippen molar-refractivity contribution < 1.29 is 9.90 Å². The number of anilines is 1. The maximum Gasteiger partial charge on any atom is 0.335 e. The van der Waals surface area contributed by atoms with Gasteiger partial charge in [0.05, 0.1) is 5.56 Å². The molecule has 0 spiro atoms. The Balaban J connectivity index is 2.75. The molecule has 0 aromatic heterocycles. The zero-order chi connectivity index (χ0) is 11.3. The van der Waals surface area contributed by atoms with E-state index < -0.39 is 5.97 Å². The van der Waals surface area contributed by atoms with Crippen molar-refractivity contribution in [1.82, 2.24) is 0 Å². The molecule has 0 aliphatic carbocycles. The zero-order valence-electron chi connectivity index (χ0n) is 8.59. The molecule has 0 atom stereocenters. The van der Waals surface area contributed by atoms with E-state index in [-0.39, 0.29) is 0 Å². The van der Waals surface area contributed by atoms with Gasteiger partial charge in [0.25, 0.3) is 0 Å². The molecule has 1 aromatic carbocycles. The number of halogens is 1. The molecule has 0 fully saturated rings. The summed E-state index contributed by atoms with van der Waals surface area (Å²) in [6.45, 7) is 2.98. The minimum Gasteiger partial charge on any atom is -0.478 e. The van der Waals surface area contributed by atoms with Crippen LogP contribution in [-0.2, 0) is 0 Å². The number of rotatable bonds is 5. The number of carboxylic acids is 1. The van der Waals surface area contributed by atoms with Crippen LogP contribution in [0.15, 0.2) is 22.7 Å². The fourth-order valence-electron chi connectivity index (χ4n) is 1.22. The molecule has 0 aliphatic heterocycles. The van der Waals surface area contributed by atoms with Crippen molar-refractivity contribution >= 4 is 27.6 Å². The topological polar surface area (TPSA) is 49.3 Å². The van der Waals surface area contributed by atoms with E-state index in [4.69, 9.17) is 5.11 Å². The predicted octanol–water partition coefficient (Wildman–Crippen LogP) is 3.36. The third-order valence-corrected chi connectivity index (χ3v) is 2.46. The van der Waals surface area contributed by atoms with Crippen molar-refractivity contribution in [2.45, 2.75) is 19.8 Å². The van der Waals surface area contributed by atoms with Crippen LogP contribution in [0.1, 0.15) is 30.1 Å². The Morgan fingerprint density at radius 3 is 2.80 bits per heavy atom. The van der Waals surface area contributed by atoms with E-state index in [1.165, 1.54) is 0 Å². The summed E-state index contributed by atoms with van der Waals surface area (Å²) in [5.41, 5.74) is 1.14. The van der Waals surface area contributed by atoms with Crippen LogP contribution in [0.25, 0.3) is 0 Å². The van der Waals surface area contributed by atoms with Crippen LogP contribution in [0.4, 0.5) is 5.69 Å². The first-order valence-corrected chi connectivity index (χ1v) is 5.70. The van der Waals surface area contributed by atoms with E-state index in [9.17, 15) is 4.79 Å². The van der Waals surface area contributed by atoms with Crippen molar-refractivity contribution in [2.75, 3.05) is 11.9 Å². The number of carbonyl (C=O) groups is 1. The second-order valence-electron chi connectivity index (χ2n) is 3.31. The molecule has 0 saturated carbocycles. The Hall–Kier alpha value is -1.03. The SMILES string of the molecule is CCCCNc1cc(Br)cc(C(=O)O)c1. The molecule has 0 bridgehead atoms. The highest BCUT2D eigenvalue weighted by Crippen LogP contribution is 2.19. The summed E-state index contributed by atoms with van der Waals surface area (Å²) in [4.78, 5) is 10.8. The van der Waals surface area contributed by atoms with Gasteiger partial charge in [-0.1, -0.05) is 29.3 Å². The highest BCUT2D eigenvalue weighted by atomic mass is 79.9. The van der Waals surface area contributed by atoms with Crippen LogP contribution in [0, 0.1) is 0 Å². The molecule has 1 aromatic rings. The van der Waals surface area contributed by atoms with E-state index in [0.29, 0.717) is 5.56 Å². The summed E-state index contributed by atoms with van der Waals surface area (Å²) in [5.74, 6) is -0.908. The lowest BCUT2D eigenvalue weighted by Crippen LogP contribution is -2.03. The molecular weight excluding hydrogens is 258 g/mol. The minimum atomic E-state index is -0.908. The summed E-state index contributed by atoms with van der Waals surface area (Å²) in [6.07, 6.45) is 2.20. The van der Waals surface area contributed by atoms with Crippen LogP contribution in [0.2, 0.25) is 0 Å². The number of benzene rings is 1. The maximum atomic E-state index is 10.8. The Morgan fingerprint density at radius 1 is 1.47 bits per heavy atom. The van der Waals surface area contributed by atoms with Crippen molar-refractivity contribution in [3.05, 3.63) is 28.2 Å². The van der Waals surface area contributed by atoms with Gasteiger partial charge >= 0.3 is 5.97 Å². The van der Waals surface area contributed by atoms with Crippen LogP contribution in [0.3, 0.4) is 0 Å². The van der Waals surface area contributed by atoms with Gasteiger partial charge in [-0.05, 0) is 24.6 Å². The molecule has 2 N–H and O–H groups in total. The van der Waals surface area contributed by atoms with Gasteiger partial charge in [-0.3, -0.25) is 0 Å². The lowest BCUT2D eigenvalue weighted by atomic mass is 10.2. The van der Waals surface area contributed by atoms with Crippen LogP contribution in [-0.4, -0.2) is 17.6 Å². The molecule has 1 rings (SSSR count). The molecule has 82 valence electrons. The molecule has 0 heterocycles. The first-order valence-electron chi connectivity index (χ1n) is 4.91. The van der Waals surface area contributed by atoms with E-state index in [0.717, 1.165) is 29.5 Å². The third-order valence-electron chi connectivity index (χ3n) is 2.00. The smallest absolute Gasteiger partial charge is 0.335 e. The quantitative estimate of drug-likeness (QED) is 0.808. The lowest BCUT2D eigenvalue weighted by Gasteiger charge is -2.07. The monoisotopic (exact) mass is 271 g/mol. The standard InChI is InChI=1S/C11H14BrNO2/c1-2-3-4-13-10-6-8(11(14)15)5-9(12)7-10/h5-7,13H,2-4H2,1H3,(H,14,15). The molecule has 3 nitrogen and oxygen atoms in total. The zero-order valence-corrected chi connectivity index (χ0v) is 10.2. The normalized spacial score (nSPS) is 10.0. The summed E-state index contributed by atoms with van der Waals surface area (Å²) < 4.78 is 0.779. The lowest BCUT2D eigenvalue weighted by molar-refractivity contribution is 0.0697. The van der Waals surface area contributed by atoms with Gasteiger partial charge < -0.3 is 10.4 Å². The van der Waals surface area contributed by atoms with Gasteiger partial charge in [0.15, 0.2) is 0 Å². The second kappa shape index (κ2) is 5.75. The number of carboxylic acid groups (broad SMARTS) is 1. The van der Waals surface area contributed by atoms with E-state index in [2.05, 4.69) is 28.2 Å². The van der Waals surface area contributed by atoms with Crippen LogP contribution < -0.4 is 5.32 Å². The van der Waals surface area contributed by atoms with Crippen molar-refractivity contribution in [1.29, 1.82) is 0 Å². The van der Waals surface area contributed by atoms with Gasteiger partial charge in [0, 0.05) is 16.7 Å². The average Bonchev–Trinajstić information content (AvgIpc) is 2.17. The summed E-state index contributed by atoms with van der Waals surface area (Å²) in [7, 11) is 0. The fraction of sp³-hybridized carbons (Fsp3) is 0.364. The molecule has 0 aliphatic rings. The van der Waals surface area contributed by atoms with Crippen molar-refractivity contribution in [3.63, 3.8) is 0 Å². The first kappa shape index (κ1) is 12.0. The number of nitrogens with one attached hydrogen (secondary N) is 1. The van der Waals surface area contributed by atoms with Gasteiger partial charge in [0.2, 0.25) is 0 Å². The first-order chi connectivity index (χ1) is 7.13. The summed E-state index contributed by atoms with van der Waals surface area (Å²) >= 11 is 3.29. The van der Waals surface area contributed by atoms with Gasteiger partial charge in [-0.25, -0.2) is 4.79 Å². The molecular formula is C11H14BrNO2.